The number of hydrogen-bond donors (Lipinski definition) is 0. The van der Waals surface area contributed by atoms with Crippen molar-refractivity contribution in [1.29, 1.82) is 5.26 Å². The van der Waals surface area contributed by atoms with Gasteiger partial charge >= 0.3 is 0 Å². The van der Waals surface area contributed by atoms with Crippen LogP contribution >= 0.6 is 11.3 Å². The topological polar surface area (TPSA) is 62.5 Å². The van der Waals surface area contributed by atoms with Crippen molar-refractivity contribution in [3.8, 4) is 51.4 Å². The lowest BCUT2D eigenvalue weighted by Crippen LogP contribution is -2.42. The lowest BCUT2D eigenvalue weighted by Gasteiger charge is -2.50. The number of nitrogens with zero attached hydrogens (tertiary/aromatic N) is 4. The highest BCUT2D eigenvalue weighted by molar-refractivity contribution is 7.25. The molecule has 9 rings (SSSR count). The smallest absolute Gasteiger partial charge is 0.164 e. The first-order chi connectivity index (χ1) is 24.4. The SMILES string of the molecule is C[C@@H]1CC2C[C@H](C)CC(c3ccc(-c4ccc5c(c4)sc4ccc(-c6nc(-c7ccccc7)nc(-c7cccc(C#N)c7)n6)cc45)cc3)(C2)C1. The van der Waals surface area contributed by atoms with Crippen molar-refractivity contribution in [2.45, 2.75) is 51.4 Å². The number of rotatable bonds is 5. The predicted molar refractivity (Wildman–Crippen MR) is 206 cm³/mol. The zero-order valence-electron chi connectivity index (χ0n) is 28.4. The minimum Gasteiger partial charge on any atom is -0.208 e. The molecule has 0 radical (unpaired) electrons. The Bertz CT molecular complexity index is 2400. The fourth-order valence-electron chi connectivity index (χ4n) is 9.25. The molecular weight excluding hydrogens is 629 g/mol. The summed E-state index contributed by atoms with van der Waals surface area (Å²) >= 11 is 1.83. The van der Waals surface area contributed by atoms with Crippen LogP contribution in [0, 0.1) is 29.1 Å². The molecule has 50 heavy (non-hydrogen) atoms. The third-order valence-electron chi connectivity index (χ3n) is 11.1. The van der Waals surface area contributed by atoms with E-state index in [0.29, 0.717) is 28.5 Å². The average molecular weight is 667 g/mol. The van der Waals surface area contributed by atoms with Gasteiger partial charge in [0.1, 0.15) is 0 Å². The third-order valence-corrected chi connectivity index (χ3v) is 12.2. The van der Waals surface area contributed by atoms with E-state index < -0.39 is 0 Å². The summed E-state index contributed by atoms with van der Waals surface area (Å²) in [5.74, 6) is 4.28. The molecule has 0 N–H and O–H groups in total. The maximum atomic E-state index is 9.53. The van der Waals surface area contributed by atoms with Crippen molar-refractivity contribution in [2.24, 2.45) is 17.8 Å². The number of thiophene rings is 1. The molecule has 2 aromatic heterocycles. The van der Waals surface area contributed by atoms with Crippen molar-refractivity contribution < 1.29 is 0 Å². The highest BCUT2D eigenvalue weighted by Gasteiger charge is 2.45. The molecule has 0 amide bonds. The number of nitriles is 1. The van der Waals surface area contributed by atoms with Gasteiger partial charge in [-0.2, -0.15) is 5.26 Å². The second kappa shape index (κ2) is 12.3. The van der Waals surface area contributed by atoms with E-state index in [0.717, 1.165) is 34.4 Å². The molecule has 2 aliphatic carbocycles. The third kappa shape index (κ3) is 5.58. The van der Waals surface area contributed by atoms with Crippen LogP contribution in [0.3, 0.4) is 0 Å². The molecule has 2 fully saturated rings. The first kappa shape index (κ1) is 30.8. The second-order valence-corrected chi connectivity index (χ2v) is 16.0. The van der Waals surface area contributed by atoms with Crippen molar-refractivity contribution in [3.63, 3.8) is 0 Å². The monoisotopic (exact) mass is 666 g/mol. The summed E-state index contributed by atoms with van der Waals surface area (Å²) in [6.07, 6.45) is 6.84. The van der Waals surface area contributed by atoms with E-state index in [-0.39, 0.29) is 0 Å². The number of hydrogen-bond acceptors (Lipinski definition) is 5. The van der Waals surface area contributed by atoms with Crippen molar-refractivity contribution >= 4 is 31.5 Å². The minimum absolute atomic E-state index is 0.355. The molecule has 244 valence electrons. The molecule has 2 unspecified atom stereocenters. The van der Waals surface area contributed by atoms with Gasteiger partial charge in [-0.15, -0.1) is 11.3 Å². The standard InChI is InChI=1S/C45H38N4S/c1-28-19-31-20-29(2)25-45(24-28,26-31)37-15-11-32(12-16-37)34-13-17-38-39-22-36(14-18-40(39)50-41(38)23-34)44-48-42(33-8-4-3-5-9-33)47-43(49-44)35-10-6-7-30(21-35)27-46/h3-18,21-23,28-29,31H,19-20,24-26H2,1-2H3/t28-,29+,31?,45?. The molecule has 4 nitrogen and oxygen atoms in total. The molecule has 2 aliphatic rings. The van der Waals surface area contributed by atoms with E-state index in [1.807, 2.05) is 59.9 Å². The fourth-order valence-corrected chi connectivity index (χ4v) is 10.4. The number of benzene rings is 5. The van der Waals surface area contributed by atoms with E-state index >= 15 is 0 Å². The molecule has 5 heteroatoms. The molecule has 7 aromatic rings. The van der Waals surface area contributed by atoms with Crippen LogP contribution in [0.15, 0.2) is 115 Å². The lowest BCUT2D eigenvalue weighted by molar-refractivity contribution is 0.0780. The quantitative estimate of drug-likeness (QED) is 0.183. The summed E-state index contributed by atoms with van der Waals surface area (Å²) in [4.78, 5) is 14.7. The van der Waals surface area contributed by atoms with Crippen LogP contribution in [0.1, 0.15) is 57.1 Å². The Kier molecular flexibility index (Phi) is 7.59. The summed E-state index contributed by atoms with van der Waals surface area (Å²) in [5.41, 5.74) is 7.66. The zero-order valence-corrected chi connectivity index (χ0v) is 29.3. The number of aromatic nitrogens is 3. The zero-order chi connectivity index (χ0) is 33.8. The van der Waals surface area contributed by atoms with Gasteiger partial charge in [0.25, 0.3) is 0 Å². The van der Waals surface area contributed by atoms with Gasteiger partial charge < -0.3 is 0 Å². The van der Waals surface area contributed by atoms with Gasteiger partial charge in [-0.25, -0.2) is 15.0 Å². The van der Waals surface area contributed by atoms with E-state index in [9.17, 15) is 5.26 Å². The molecule has 0 aliphatic heterocycles. The van der Waals surface area contributed by atoms with Crippen molar-refractivity contribution in [3.05, 3.63) is 126 Å². The van der Waals surface area contributed by atoms with Crippen molar-refractivity contribution in [2.75, 3.05) is 0 Å². The Morgan fingerprint density at radius 3 is 1.94 bits per heavy atom. The summed E-state index contributed by atoms with van der Waals surface area (Å²) in [7, 11) is 0. The van der Waals surface area contributed by atoms with E-state index in [2.05, 4.69) is 80.6 Å². The van der Waals surface area contributed by atoms with Gasteiger partial charge in [0.15, 0.2) is 17.5 Å². The normalized spacial score (nSPS) is 21.7. The molecule has 5 aromatic carbocycles. The Balaban J connectivity index is 1.07. The largest absolute Gasteiger partial charge is 0.208 e. The summed E-state index contributed by atoms with van der Waals surface area (Å²) in [5, 5.41) is 12.0. The van der Waals surface area contributed by atoms with Crippen LogP contribution in [0.5, 0.6) is 0 Å². The van der Waals surface area contributed by atoms with E-state index in [4.69, 9.17) is 15.0 Å². The van der Waals surface area contributed by atoms with E-state index in [1.54, 1.807) is 11.6 Å². The lowest BCUT2D eigenvalue weighted by atomic mass is 9.54. The summed E-state index contributed by atoms with van der Waals surface area (Å²) in [6, 6.07) is 42.7. The van der Waals surface area contributed by atoms with Crippen LogP contribution < -0.4 is 0 Å². The summed E-state index contributed by atoms with van der Waals surface area (Å²) in [6.45, 7) is 4.93. The highest BCUT2D eigenvalue weighted by atomic mass is 32.1. The Morgan fingerprint density at radius 1 is 0.580 bits per heavy atom. The second-order valence-electron chi connectivity index (χ2n) is 14.9. The first-order valence-electron chi connectivity index (χ1n) is 17.8. The Morgan fingerprint density at radius 2 is 1.22 bits per heavy atom. The molecule has 0 saturated heterocycles. The molecule has 4 atom stereocenters. The molecule has 0 spiro atoms. The van der Waals surface area contributed by atoms with Crippen LogP contribution in [0.2, 0.25) is 0 Å². The van der Waals surface area contributed by atoms with Crippen LogP contribution in [-0.4, -0.2) is 15.0 Å². The van der Waals surface area contributed by atoms with Gasteiger partial charge in [-0.3, -0.25) is 0 Å². The van der Waals surface area contributed by atoms with Gasteiger partial charge in [0, 0.05) is 36.9 Å². The minimum atomic E-state index is 0.355. The van der Waals surface area contributed by atoms with Gasteiger partial charge in [-0.05, 0) is 108 Å². The predicted octanol–water partition coefficient (Wildman–Crippen LogP) is 11.9. The highest BCUT2D eigenvalue weighted by Crippen LogP contribution is 2.54. The average Bonchev–Trinajstić information content (AvgIpc) is 3.52. The van der Waals surface area contributed by atoms with Gasteiger partial charge in [-0.1, -0.05) is 92.7 Å². The molecular formula is C45H38N4S. The maximum absolute atomic E-state index is 9.53. The molecule has 2 saturated carbocycles. The fraction of sp³-hybridized carbons (Fsp3) is 0.244. The van der Waals surface area contributed by atoms with Crippen LogP contribution in [0.25, 0.3) is 65.5 Å². The maximum Gasteiger partial charge on any atom is 0.164 e. The Labute approximate surface area is 297 Å². The summed E-state index contributed by atoms with van der Waals surface area (Å²) < 4.78 is 2.51. The first-order valence-corrected chi connectivity index (χ1v) is 18.6. The van der Waals surface area contributed by atoms with Crippen LogP contribution in [0.4, 0.5) is 0 Å². The van der Waals surface area contributed by atoms with E-state index in [1.165, 1.54) is 63.4 Å². The Hall–Kier alpha value is -5.18. The van der Waals surface area contributed by atoms with Crippen LogP contribution in [-0.2, 0) is 5.41 Å². The molecule has 2 bridgehead atoms. The van der Waals surface area contributed by atoms with Gasteiger partial charge in [0.2, 0.25) is 0 Å². The number of fused-ring (bicyclic) bond motifs is 5. The van der Waals surface area contributed by atoms with Crippen molar-refractivity contribution in [1.82, 2.24) is 15.0 Å². The van der Waals surface area contributed by atoms with Gasteiger partial charge in [0.05, 0.1) is 11.6 Å². The molecule has 2 heterocycles.